The first-order chi connectivity index (χ1) is 13.0. The minimum Gasteiger partial charge on any atom is -0.354 e. The minimum absolute atomic E-state index is 0.0804. The Balaban J connectivity index is 1.68. The van der Waals surface area contributed by atoms with E-state index in [1.54, 1.807) is 4.90 Å². The smallest absolute Gasteiger partial charge is 0.317 e. The van der Waals surface area contributed by atoms with Crippen molar-refractivity contribution >= 4 is 11.9 Å². The molecule has 3 rings (SSSR count). The van der Waals surface area contributed by atoms with Gasteiger partial charge in [-0.2, -0.15) is 0 Å². The summed E-state index contributed by atoms with van der Waals surface area (Å²) >= 11 is 0. The van der Waals surface area contributed by atoms with Crippen molar-refractivity contribution in [2.24, 2.45) is 5.92 Å². The summed E-state index contributed by atoms with van der Waals surface area (Å²) in [5.41, 5.74) is 2.53. The van der Waals surface area contributed by atoms with Crippen molar-refractivity contribution in [1.29, 1.82) is 0 Å². The van der Waals surface area contributed by atoms with Crippen LogP contribution in [-0.2, 0) is 4.79 Å². The number of nitrogens with zero attached hydrogens (tertiary/aromatic N) is 2. The molecule has 2 aliphatic heterocycles. The second kappa shape index (κ2) is 9.22. The van der Waals surface area contributed by atoms with E-state index in [0.29, 0.717) is 19.6 Å². The normalized spacial score (nSPS) is 20.7. The summed E-state index contributed by atoms with van der Waals surface area (Å²) in [5.74, 6) is 0.687. The SMILES string of the molecule is Cc1ccccc1C(CNC(=O)N1CCCNC(=O)C1)N1CCC(C)CC1. The number of amides is 3. The van der Waals surface area contributed by atoms with E-state index in [1.807, 2.05) is 0 Å². The molecule has 0 spiro atoms. The van der Waals surface area contributed by atoms with Crippen LogP contribution in [0.2, 0.25) is 0 Å². The number of urea groups is 1. The van der Waals surface area contributed by atoms with E-state index < -0.39 is 0 Å². The highest BCUT2D eigenvalue weighted by atomic mass is 16.2. The molecule has 2 heterocycles. The molecule has 0 saturated carbocycles. The summed E-state index contributed by atoms with van der Waals surface area (Å²) in [7, 11) is 0. The highest BCUT2D eigenvalue weighted by Crippen LogP contribution is 2.28. The number of benzene rings is 1. The van der Waals surface area contributed by atoms with Crippen molar-refractivity contribution in [3.8, 4) is 0 Å². The van der Waals surface area contributed by atoms with Gasteiger partial charge in [0.15, 0.2) is 0 Å². The Morgan fingerprint density at radius 1 is 1.26 bits per heavy atom. The zero-order valence-electron chi connectivity index (χ0n) is 16.5. The average Bonchev–Trinajstić information content (AvgIpc) is 2.89. The van der Waals surface area contributed by atoms with Gasteiger partial charge in [0.25, 0.3) is 0 Å². The number of likely N-dealkylation sites (tertiary alicyclic amines) is 1. The molecule has 0 aliphatic carbocycles. The zero-order chi connectivity index (χ0) is 19.2. The molecule has 27 heavy (non-hydrogen) atoms. The standard InChI is InChI=1S/C21H32N4O2/c1-16-8-12-24(13-9-16)19(18-7-4-3-6-17(18)2)14-23-21(27)25-11-5-10-22-20(26)15-25/h3-4,6-7,16,19H,5,8-15H2,1-2H3,(H,22,26)(H,23,27). The van der Waals surface area contributed by atoms with Crippen LogP contribution in [0.25, 0.3) is 0 Å². The molecule has 2 saturated heterocycles. The van der Waals surface area contributed by atoms with Crippen LogP contribution in [0.5, 0.6) is 0 Å². The molecule has 1 atom stereocenters. The molecule has 0 radical (unpaired) electrons. The van der Waals surface area contributed by atoms with Gasteiger partial charge in [0.2, 0.25) is 5.91 Å². The first-order valence-corrected chi connectivity index (χ1v) is 10.1. The second-order valence-electron chi connectivity index (χ2n) is 7.90. The van der Waals surface area contributed by atoms with Crippen LogP contribution in [0.4, 0.5) is 4.79 Å². The lowest BCUT2D eigenvalue weighted by atomic mass is 9.94. The molecule has 6 heteroatoms. The maximum absolute atomic E-state index is 12.7. The molecule has 2 aliphatic rings. The van der Waals surface area contributed by atoms with Gasteiger partial charge in [-0.3, -0.25) is 9.69 Å². The van der Waals surface area contributed by atoms with Gasteiger partial charge in [0.05, 0.1) is 6.04 Å². The number of carbonyl (C=O) groups is 2. The van der Waals surface area contributed by atoms with Gasteiger partial charge in [-0.25, -0.2) is 4.79 Å². The van der Waals surface area contributed by atoms with Crippen molar-refractivity contribution in [2.75, 3.05) is 39.3 Å². The van der Waals surface area contributed by atoms with E-state index in [0.717, 1.165) is 25.4 Å². The van der Waals surface area contributed by atoms with Crippen molar-refractivity contribution in [3.05, 3.63) is 35.4 Å². The van der Waals surface area contributed by atoms with Crippen LogP contribution in [0.15, 0.2) is 24.3 Å². The van der Waals surface area contributed by atoms with Gasteiger partial charge >= 0.3 is 6.03 Å². The fourth-order valence-electron chi connectivity index (χ4n) is 4.01. The van der Waals surface area contributed by atoms with E-state index in [4.69, 9.17) is 0 Å². The quantitative estimate of drug-likeness (QED) is 0.852. The molecule has 2 fully saturated rings. The van der Waals surface area contributed by atoms with E-state index in [9.17, 15) is 9.59 Å². The molecule has 1 aromatic carbocycles. The monoisotopic (exact) mass is 372 g/mol. The zero-order valence-corrected chi connectivity index (χ0v) is 16.5. The molecule has 148 valence electrons. The molecule has 1 aromatic rings. The van der Waals surface area contributed by atoms with Crippen molar-refractivity contribution < 1.29 is 9.59 Å². The van der Waals surface area contributed by atoms with Crippen LogP contribution in [0, 0.1) is 12.8 Å². The number of piperidine rings is 1. The van der Waals surface area contributed by atoms with E-state index in [2.05, 4.69) is 53.6 Å². The van der Waals surface area contributed by atoms with Crippen molar-refractivity contribution in [3.63, 3.8) is 0 Å². The number of aryl methyl sites for hydroxylation is 1. The largest absolute Gasteiger partial charge is 0.354 e. The lowest BCUT2D eigenvalue weighted by Gasteiger charge is -2.38. The van der Waals surface area contributed by atoms with Gasteiger partial charge in [0, 0.05) is 19.6 Å². The fourth-order valence-corrected chi connectivity index (χ4v) is 4.01. The second-order valence-corrected chi connectivity index (χ2v) is 7.90. The Kier molecular flexibility index (Phi) is 6.72. The van der Waals surface area contributed by atoms with E-state index >= 15 is 0 Å². The lowest BCUT2D eigenvalue weighted by Crippen LogP contribution is -2.47. The molecular weight excluding hydrogens is 340 g/mol. The summed E-state index contributed by atoms with van der Waals surface area (Å²) in [6.07, 6.45) is 3.19. The van der Waals surface area contributed by atoms with Crippen molar-refractivity contribution in [1.82, 2.24) is 20.4 Å². The van der Waals surface area contributed by atoms with Crippen LogP contribution >= 0.6 is 0 Å². The number of carbonyl (C=O) groups excluding carboxylic acids is 2. The van der Waals surface area contributed by atoms with Gasteiger partial charge in [-0.15, -0.1) is 0 Å². The Bertz CT molecular complexity index is 655. The highest BCUT2D eigenvalue weighted by molar-refractivity contribution is 5.84. The Labute approximate surface area is 162 Å². The minimum atomic E-state index is -0.143. The van der Waals surface area contributed by atoms with Crippen LogP contribution in [0.3, 0.4) is 0 Å². The van der Waals surface area contributed by atoms with Crippen molar-refractivity contribution in [2.45, 2.75) is 39.2 Å². The summed E-state index contributed by atoms with van der Waals surface area (Å²) in [6, 6.07) is 8.46. The number of nitrogens with one attached hydrogen (secondary N) is 2. The summed E-state index contributed by atoms with van der Waals surface area (Å²) in [5, 5.41) is 5.91. The van der Waals surface area contributed by atoms with Crippen LogP contribution in [-0.4, -0.2) is 61.0 Å². The summed E-state index contributed by atoms with van der Waals surface area (Å²) < 4.78 is 0. The number of hydrogen-bond acceptors (Lipinski definition) is 3. The first-order valence-electron chi connectivity index (χ1n) is 10.1. The van der Waals surface area contributed by atoms with Crippen LogP contribution < -0.4 is 10.6 Å². The summed E-state index contributed by atoms with van der Waals surface area (Å²) in [4.78, 5) is 28.5. The lowest BCUT2D eigenvalue weighted by molar-refractivity contribution is -0.121. The molecule has 1 unspecified atom stereocenters. The molecule has 3 amide bonds. The summed E-state index contributed by atoms with van der Waals surface area (Å²) in [6.45, 7) is 8.52. The van der Waals surface area contributed by atoms with E-state index in [1.165, 1.54) is 24.0 Å². The molecule has 0 aromatic heterocycles. The maximum atomic E-state index is 12.7. The average molecular weight is 373 g/mol. The molecule has 0 bridgehead atoms. The molecular formula is C21H32N4O2. The van der Waals surface area contributed by atoms with Crippen LogP contribution in [0.1, 0.15) is 43.4 Å². The van der Waals surface area contributed by atoms with Gasteiger partial charge in [-0.1, -0.05) is 31.2 Å². The predicted molar refractivity (Wildman–Crippen MR) is 106 cm³/mol. The Morgan fingerprint density at radius 3 is 2.74 bits per heavy atom. The third-order valence-corrected chi connectivity index (χ3v) is 5.80. The Morgan fingerprint density at radius 2 is 2.00 bits per heavy atom. The van der Waals surface area contributed by atoms with E-state index in [-0.39, 0.29) is 24.5 Å². The highest BCUT2D eigenvalue weighted by Gasteiger charge is 2.27. The fraction of sp³-hybridized carbons (Fsp3) is 0.619. The number of hydrogen-bond donors (Lipinski definition) is 2. The van der Waals surface area contributed by atoms with Gasteiger partial charge in [-0.05, 0) is 56.3 Å². The first kappa shape index (κ1) is 19.7. The Hall–Kier alpha value is -2.08. The third kappa shape index (κ3) is 5.22. The third-order valence-electron chi connectivity index (χ3n) is 5.80. The molecule has 6 nitrogen and oxygen atoms in total. The molecule has 2 N–H and O–H groups in total. The van der Waals surface area contributed by atoms with Gasteiger partial charge in [0.1, 0.15) is 6.54 Å². The van der Waals surface area contributed by atoms with Gasteiger partial charge < -0.3 is 15.5 Å². The maximum Gasteiger partial charge on any atom is 0.317 e. The number of rotatable bonds is 4. The topological polar surface area (TPSA) is 64.7 Å². The predicted octanol–water partition coefficient (Wildman–Crippen LogP) is 2.30.